The standard InChI is InChI=1S/C21H24ClN5O4/c1-30-18-7-3-2-6-17(18)27-10-9-26(21(27)29)14-19(28)25-8-4-5-16(13-25)31-20-23-11-15(22)12-24-20/h2-3,6-7,11-12,16H,4-5,8-10,13-14H2,1H3. The van der Waals surface area contributed by atoms with Crippen molar-refractivity contribution in [3.63, 3.8) is 0 Å². The molecule has 2 aliphatic heterocycles. The number of anilines is 1. The molecule has 9 nitrogen and oxygen atoms in total. The average molecular weight is 446 g/mol. The van der Waals surface area contributed by atoms with Gasteiger partial charge in [-0.2, -0.15) is 0 Å². The molecule has 0 N–H and O–H groups in total. The Labute approximate surface area is 185 Å². The summed E-state index contributed by atoms with van der Waals surface area (Å²) in [4.78, 5) is 38.8. The number of hydrogen-bond acceptors (Lipinski definition) is 6. The van der Waals surface area contributed by atoms with Gasteiger partial charge in [0.1, 0.15) is 18.4 Å². The lowest BCUT2D eigenvalue weighted by Gasteiger charge is -2.33. The van der Waals surface area contributed by atoms with Gasteiger partial charge in [0.25, 0.3) is 0 Å². The van der Waals surface area contributed by atoms with Crippen LogP contribution < -0.4 is 14.4 Å². The Morgan fingerprint density at radius 2 is 1.97 bits per heavy atom. The predicted molar refractivity (Wildman–Crippen MR) is 115 cm³/mol. The van der Waals surface area contributed by atoms with Crippen LogP contribution in [0.2, 0.25) is 5.02 Å². The van der Waals surface area contributed by atoms with Crippen molar-refractivity contribution in [3.05, 3.63) is 41.7 Å². The van der Waals surface area contributed by atoms with Crippen LogP contribution in [0, 0.1) is 0 Å². The Bertz CT molecular complexity index is 942. The normalized spacial score (nSPS) is 19.0. The van der Waals surface area contributed by atoms with Crippen LogP contribution in [-0.2, 0) is 4.79 Å². The number of benzene rings is 1. The first-order valence-corrected chi connectivity index (χ1v) is 10.5. The minimum Gasteiger partial charge on any atom is -0.495 e. The van der Waals surface area contributed by atoms with Crippen LogP contribution in [0.15, 0.2) is 36.7 Å². The van der Waals surface area contributed by atoms with Crippen LogP contribution >= 0.6 is 11.6 Å². The summed E-state index contributed by atoms with van der Waals surface area (Å²) in [6.07, 6.45) is 4.37. The highest BCUT2D eigenvalue weighted by atomic mass is 35.5. The molecule has 1 aromatic carbocycles. The van der Waals surface area contributed by atoms with E-state index < -0.39 is 0 Å². The average Bonchev–Trinajstić information content (AvgIpc) is 3.15. The smallest absolute Gasteiger partial charge is 0.325 e. The van der Waals surface area contributed by atoms with Gasteiger partial charge in [-0.3, -0.25) is 9.69 Å². The lowest BCUT2D eigenvalue weighted by Crippen LogP contribution is -2.48. The second-order valence-corrected chi connectivity index (χ2v) is 7.87. The highest BCUT2D eigenvalue weighted by molar-refractivity contribution is 6.30. The molecular formula is C21H24ClN5O4. The first-order chi connectivity index (χ1) is 15.0. The van der Waals surface area contributed by atoms with E-state index in [1.807, 2.05) is 24.3 Å². The summed E-state index contributed by atoms with van der Waals surface area (Å²) in [6.45, 7) is 2.09. The summed E-state index contributed by atoms with van der Waals surface area (Å²) < 4.78 is 11.2. The molecule has 3 amide bonds. The molecule has 2 fully saturated rings. The van der Waals surface area contributed by atoms with Gasteiger partial charge < -0.3 is 19.3 Å². The molecule has 0 radical (unpaired) electrons. The number of rotatable bonds is 6. The number of aromatic nitrogens is 2. The molecule has 2 aliphatic rings. The van der Waals surface area contributed by atoms with Gasteiger partial charge in [-0.15, -0.1) is 0 Å². The van der Waals surface area contributed by atoms with Crippen molar-refractivity contribution in [2.75, 3.05) is 44.7 Å². The van der Waals surface area contributed by atoms with Crippen molar-refractivity contribution in [3.8, 4) is 11.8 Å². The topological polar surface area (TPSA) is 88.1 Å². The fraction of sp³-hybridized carbons (Fsp3) is 0.429. The van der Waals surface area contributed by atoms with E-state index in [1.165, 1.54) is 12.4 Å². The first kappa shape index (κ1) is 21.2. The number of para-hydroxylation sites is 2. The van der Waals surface area contributed by atoms with Crippen molar-refractivity contribution in [2.24, 2.45) is 0 Å². The zero-order valence-corrected chi connectivity index (χ0v) is 18.0. The minimum absolute atomic E-state index is 0.0364. The third kappa shape index (κ3) is 4.82. The number of nitrogens with zero attached hydrogens (tertiary/aromatic N) is 5. The molecule has 10 heteroatoms. The molecule has 0 spiro atoms. The number of likely N-dealkylation sites (tertiary alicyclic amines) is 1. The molecule has 1 unspecified atom stereocenters. The van der Waals surface area contributed by atoms with Crippen molar-refractivity contribution in [1.82, 2.24) is 19.8 Å². The summed E-state index contributed by atoms with van der Waals surface area (Å²) in [6, 6.07) is 7.41. The fourth-order valence-electron chi connectivity index (χ4n) is 3.84. The summed E-state index contributed by atoms with van der Waals surface area (Å²) in [5, 5.41) is 0.435. The number of halogens is 1. The van der Waals surface area contributed by atoms with Gasteiger partial charge in [0.05, 0.1) is 36.8 Å². The molecule has 2 saturated heterocycles. The Morgan fingerprint density at radius 1 is 1.19 bits per heavy atom. The van der Waals surface area contributed by atoms with Crippen LogP contribution in [0.5, 0.6) is 11.8 Å². The number of methoxy groups -OCH3 is 1. The van der Waals surface area contributed by atoms with E-state index in [4.69, 9.17) is 21.1 Å². The second kappa shape index (κ2) is 9.38. The van der Waals surface area contributed by atoms with E-state index in [0.29, 0.717) is 42.6 Å². The monoisotopic (exact) mass is 445 g/mol. The molecule has 164 valence electrons. The van der Waals surface area contributed by atoms with Crippen molar-refractivity contribution < 1.29 is 19.1 Å². The SMILES string of the molecule is COc1ccccc1N1CCN(CC(=O)N2CCCC(Oc3ncc(Cl)cn3)C2)C1=O. The Hall–Kier alpha value is -3.07. The number of amides is 3. The zero-order valence-electron chi connectivity index (χ0n) is 17.2. The Morgan fingerprint density at radius 3 is 2.74 bits per heavy atom. The molecule has 31 heavy (non-hydrogen) atoms. The summed E-state index contributed by atoms with van der Waals surface area (Å²) in [7, 11) is 1.57. The lowest BCUT2D eigenvalue weighted by molar-refractivity contribution is -0.134. The van der Waals surface area contributed by atoms with E-state index in [0.717, 1.165) is 12.8 Å². The third-order valence-corrected chi connectivity index (χ3v) is 5.59. The minimum atomic E-state index is -0.197. The molecule has 0 bridgehead atoms. The maximum absolute atomic E-state index is 12.9. The first-order valence-electron chi connectivity index (χ1n) is 10.2. The maximum Gasteiger partial charge on any atom is 0.325 e. The largest absolute Gasteiger partial charge is 0.495 e. The number of hydrogen-bond donors (Lipinski definition) is 0. The van der Waals surface area contributed by atoms with Crippen LogP contribution in [0.25, 0.3) is 0 Å². The summed E-state index contributed by atoms with van der Waals surface area (Å²) >= 11 is 5.80. The number of carbonyl (C=O) groups excluding carboxylic acids is 2. The summed E-state index contributed by atoms with van der Waals surface area (Å²) in [5.74, 6) is 0.532. The lowest BCUT2D eigenvalue weighted by atomic mass is 10.1. The van der Waals surface area contributed by atoms with Crippen LogP contribution in [0.3, 0.4) is 0 Å². The molecule has 1 atom stereocenters. The van der Waals surface area contributed by atoms with Crippen molar-refractivity contribution in [2.45, 2.75) is 18.9 Å². The Balaban J connectivity index is 1.34. The molecule has 3 heterocycles. The number of carbonyl (C=O) groups is 2. The van der Waals surface area contributed by atoms with Gasteiger partial charge >= 0.3 is 12.0 Å². The van der Waals surface area contributed by atoms with Crippen molar-refractivity contribution in [1.29, 1.82) is 0 Å². The molecule has 0 aliphatic carbocycles. The van der Waals surface area contributed by atoms with Gasteiger partial charge in [-0.25, -0.2) is 14.8 Å². The molecule has 4 rings (SSSR count). The van der Waals surface area contributed by atoms with Gasteiger partial charge in [-0.05, 0) is 25.0 Å². The predicted octanol–water partition coefficient (Wildman–Crippen LogP) is 2.45. The highest BCUT2D eigenvalue weighted by Gasteiger charge is 2.34. The third-order valence-electron chi connectivity index (χ3n) is 5.40. The zero-order chi connectivity index (χ0) is 21.8. The maximum atomic E-state index is 12.9. The van der Waals surface area contributed by atoms with Crippen molar-refractivity contribution >= 4 is 29.2 Å². The quantitative estimate of drug-likeness (QED) is 0.678. The number of ether oxygens (including phenoxy) is 2. The van der Waals surface area contributed by atoms with Gasteiger partial charge in [0, 0.05) is 19.6 Å². The number of piperidine rings is 1. The van der Waals surface area contributed by atoms with E-state index in [9.17, 15) is 9.59 Å². The van der Waals surface area contributed by atoms with E-state index in [-0.39, 0.29) is 30.6 Å². The molecule has 1 aromatic heterocycles. The number of urea groups is 1. The highest BCUT2D eigenvalue weighted by Crippen LogP contribution is 2.30. The summed E-state index contributed by atoms with van der Waals surface area (Å²) in [5.41, 5.74) is 0.708. The molecule has 2 aromatic rings. The fourth-order valence-corrected chi connectivity index (χ4v) is 3.94. The van der Waals surface area contributed by atoms with Crippen LogP contribution in [0.1, 0.15) is 12.8 Å². The Kier molecular flexibility index (Phi) is 6.41. The van der Waals surface area contributed by atoms with E-state index in [1.54, 1.807) is 21.8 Å². The second-order valence-electron chi connectivity index (χ2n) is 7.43. The van der Waals surface area contributed by atoms with Gasteiger partial charge in [0.15, 0.2) is 0 Å². The van der Waals surface area contributed by atoms with Gasteiger partial charge in [-0.1, -0.05) is 23.7 Å². The van der Waals surface area contributed by atoms with E-state index >= 15 is 0 Å². The molecule has 0 saturated carbocycles. The van der Waals surface area contributed by atoms with Gasteiger partial charge in [0.2, 0.25) is 5.91 Å². The van der Waals surface area contributed by atoms with E-state index in [2.05, 4.69) is 9.97 Å². The van der Waals surface area contributed by atoms with Crippen LogP contribution in [0.4, 0.5) is 10.5 Å². The molecular weight excluding hydrogens is 422 g/mol. The van der Waals surface area contributed by atoms with Crippen LogP contribution in [-0.4, -0.2) is 77.6 Å².